The minimum atomic E-state index is -0.694. The quantitative estimate of drug-likeness (QED) is 0.408. The average Bonchev–Trinajstić information content (AvgIpc) is 2.63. The minimum Gasteiger partial charge on any atom is -0.472 e. The number of hydrogen-bond donors (Lipinski definition) is 1. The Labute approximate surface area is 153 Å². The standard InChI is InChI=1S/C17H14ClFN4OS/c1-25-17-22-15(20)12(11-7-8-21-14(18)13(11)19)16(23-17)24-9-10-5-3-2-4-6-10/h2-8H,9H2,1H3,(H2,20,22,23). The van der Waals surface area contributed by atoms with Crippen LogP contribution in [0.3, 0.4) is 0 Å². The predicted molar refractivity (Wildman–Crippen MR) is 97.2 cm³/mol. The summed E-state index contributed by atoms with van der Waals surface area (Å²) in [7, 11) is 0. The molecule has 0 fully saturated rings. The van der Waals surface area contributed by atoms with E-state index < -0.39 is 5.82 Å². The molecule has 0 radical (unpaired) electrons. The topological polar surface area (TPSA) is 73.9 Å². The van der Waals surface area contributed by atoms with Crippen LogP contribution in [0.1, 0.15) is 5.56 Å². The van der Waals surface area contributed by atoms with Crippen LogP contribution in [0.15, 0.2) is 47.8 Å². The summed E-state index contributed by atoms with van der Waals surface area (Å²) in [6.07, 6.45) is 3.21. The average molecular weight is 377 g/mol. The van der Waals surface area contributed by atoms with E-state index in [1.807, 2.05) is 36.6 Å². The molecule has 0 saturated heterocycles. The molecule has 0 unspecified atom stereocenters. The summed E-state index contributed by atoms with van der Waals surface area (Å²) in [4.78, 5) is 12.2. The van der Waals surface area contributed by atoms with Crippen molar-refractivity contribution in [3.8, 4) is 17.0 Å². The number of benzene rings is 1. The third kappa shape index (κ3) is 3.83. The molecule has 1 aromatic carbocycles. The van der Waals surface area contributed by atoms with Crippen LogP contribution >= 0.6 is 23.4 Å². The molecule has 0 bridgehead atoms. The van der Waals surface area contributed by atoms with Crippen LogP contribution in [0, 0.1) is 5.82 Å². The molecule has 3 rings (SSSR count). The second kappa shape index (κ2) is 7.67. The van der Waals surface area contributed by atoms with Crippen molar-refractivity contribution in [2.75, 3.05) is 12.0 Å². The van der Waals surface area contributed by atoms with E-state index in [1.54, 1.807) is 0 Å². The van der Waals surface area contributed by atoms with E-state index in [0.29, 0.717) is 5.16 Å². The second-order valence-corrected chi connectivity index (χ2v) is 6.14. The molecule has 5 nitrogen and oxygen atoms in total. The fourth-order valence-electron chi connectivity index (χ4n) is 2.22. The Bertz CT molecular complexity index is 895. The summed E-state index contributed by atoms with van der Waals surface area (Å²) < 4.78 is 20.2. The number of ether oxygens (including phenoxy) is 1. The van der Waals surface area contributed by atoms with E-state index in [0.717, 1.165) is 5.56 Å². The smallest absolute Gasteiger partial charge is 0.228 e. The van der Waals surface area contributed by atoms with Crippen LogP contribution in [0.4, 0.5) is 10.2 Å². The lowest BCUT2D eigenvalue weighted by Crippen LogP contribution is -2.06. The summed E-state index contributed by atoms with van der Waals surface area (Å²) in [5.74, 6) is -0.383. The van der Waals surface area contributed by atoms with Gasteiger partial charge in [0, 0.05) is 11.8 Å². The molecule has 3 aromatic rings. The van der Waals surface area contributed by atoms with Crippen LogP contribution < -0.4 is 10.5 Å². The molecule has 2 N–H and O–H groups in total. The van der Waals surface area contributed by atoms with Crippen molar-refractivity contribution in [2.24, 2.45) is 0 Å². The van der Waals surface area contributed by atoms with Gasteiger partial charge in [-0.1, -0.05) is 53.7 Å². The Balaban J connectivity index is 2.06. The number of thioether (sulfide) groups is 1. The fraction of sp³-hybridized carbons (Fsp3) is 0.118. The molecule has 0 amide bonds. The number of halogens is 2. The van der Waals surface area contributed by atoms with E-state index in [2.05, 4.69) is 15.0 Å². The lowest BCUT2D eigenvalue weighted by Gasteiger charge is -2.14. The molecule has 128 valence electrons. The molecular weight excluding hydrogens is 363 g/mol. The Hall–Kier alpha value is -2.38. The maximum atomic E-state index is 14.4. The first-order chi connectivity index (χ1) is 12.1. The lowest BCUT2D eigenvalue weighted by atomic mass is 10.1. The van der Waals surface area contributed by atoms with Crippen molar-refractivity contribution in [3.63, 3.8) is 0 Å². The Kier molecular flexibility index (Phi) is 5.35. The first-order valence-corrected chi connectivity index (χ1v) is 8.89. The van der Waals surface area contributed by atoms with E-state index in [9.17, 15) is 4.39 Å². The van der Waals surface area contributed by atoms with Crippen LogP contribution in [0.5, 0.6) is 5.88 Å². The maximum absolute atomic E-state index is 14.4. The van der Waals surface area contributed by atoms with Crippen molar-refractivity contribution < 1.29 is 9.13 Å². The molecular formula is C17H14ClFN4OS. The summed E-state index contributed by atoms with van der Waals surface area (Å²) in [6, 6.07) is 11.0. The molecule has 0 saturated carbocycles. The number of anilines is 1. The zero-order chi connectivity index (χ0) is 17.8. The van der Waals surface area contributed by atoms with Crippen LogP contribution in [-0.2, 0) is 6.61 Å². The van der Waals surface area contributed by atoms with Gasteiger partial charge in [0.25, 0.3) is 0 Å². The van der Waals surface area contributed by atoms with Crippen molar-refractivity contribution in [2.45, 2.75) is 11.8 Å². The SMILES string of the molecule is CSc1nc(N)c(-c2ccnc(Cl)c2F)c(OCc2ccccc2)n1. The summed E-state index contributed by atoms with van der Waals surface area (Å²) >= 11 is 7.10. The zero-order valence-corrected chi connectivity index (χ0v) is 14.8. The van der Waals surface area contributed by atoms with E-state index in [4.69, 9.17) is 22.1 Å². The highest BCUT2D eigenvalue weighted by atomic mass is 35.5. The number of hydrogen-bond acceptors (Lipinski definition) is 6. The molecule has 2 heterocycles. The second-order valence-electron chi connectivity index (χ2n) is 5.01. The van der Waals surface area contributed by atoms with Gasteiger partial charge >= 0.3 is 0 Å². The Morgan fingerprint density at radius 1 is 1.20 bits per heavy atom. The number of nitrogen functional groups attached to an aromatic ring is 1. The van der Waals surface area contributed by atoms with Gasteiger partial charge in [-0.2, -0.15) is 4.98 Å². The summed E-state index contributed by atoms with van der Waals surface area (Å²) in [6.45, 7) is 0.262. The minimum absolute atomic E-state index is 0.114. The van der Waals surface area contributed by atoms with Gasteiger partial charge in [-0.25, -0.2) is 14.4 Å². The first-order valence-electron chi connectivity index (χ1n) is 7.28. The molecule has 0 spiro atoms. The fourth-order valence-corrected chi connectivity index (χ4v) is 2.74. The third-order valence-electron chi connectivity index (χ3n) is 3.40. The monoisotopic (exact) mass is 376 g/mol. The van der Waals surface area contributed by atoms with Gasteiger partial charge in [-0.05, 0) is 17.9 Å². The highest BCUT2D eigenvalue weighted by Crippen LogP contribution is 2.37. The zero-order valence-electron chi connectivity index (χ0n) is 13.2. The van der Waals surface area contributed by atoms with Crippen molar-refractivity contribution in [3.05, 3.63) is 59.1 Å². The van der Waals surface area contributed by atoms with Crippen LogP contribution in [-0.4, -0.2) is 21.2 Å². The largest absolute Gasteiger partial charge is 0.472 e. The van der Waals surface area contributed by atoms with Gasteiger partial charge in [0.05, 0.1) is 5.56 Å². The molecule has 0 aliphatic carbocycles. The van der Waals surface area contributed by atoms with E-state index in [-0.39, 0.29) is 34.6 Å². The number of nitrogens with two attached hydrogens (primary N) is 1. The number of pyridine rings is 1. The van der Waals surface area contributed by atoms with Crippen LogP contribution in [0.2, 0.25) is 5.15 Å². The molecule has 0 aliphatic rings. The van der Waals surface area contributed by atoms with Gasteiger partial charge in [0.2, 0.25) is 5.88 Å². The predicted octanol–water partition coefficient (Wildman–Crippen LogP) is 4.21. The Morgan fingerprint density at radius 2 is 1.96 bits per heavy atom. The van der Waals surface area contributed by atoms with Gasteiger partial charge in [0.15, 0.2) is 16.1 Å². The van der Waals surface area contributed by atoms with Crippen molar-refractivity contribution in [1.82, 2.24) is 15.0 Å². The number of aromatic nitrogens is 3. The van der Waals surface area contributed by atoms with E-state index >= 15 is 0 Å². The molecule has 25 heavy (non-hydrogen) atoms. The van der Waals surface area contributed by atoms with Crippen molar-refractivity contribution >= 4 is 29.2 Å². The molecule has 2 aromatic heterocycles. The normalized spacial score (nSPS) is 10.7. The highest BCUT2D eigenvalue weighted by Gasteiger charge is 2.20. The number of nitrogens with zero attached hydrogens (tertiary/aromatic N) is 3. The van der Waals surface area contributed by atoms with Crippen molar-refractivity contribution in [1.29, 1.82) is 0 Å². The van der Waals surface area contributed by atoms with Gasteiger partial charge < -0.3 is 10.5 Å². The molecule has 0 atom stereocenters. The summed E-state index contributed by atoms with van der Waals surface area (Å²) in [5.41, 5.74) is 7.40. The summed E-state index contributed by atoms with van der Waals surface area (Å²) in [5, 5.41) is 0.185. The van der Waals surface area contributed by atoms with E-state index in [1.165, 1.54) is 24.0 Å². The lowest BCUT2D eigenvalue weighted by molar-refractivity contribution is 0.292. The van der Waals surface area contributed by atoms with Gasteiger partial charge in [0.1, 0.15) is 12.4 Å². The number of rotatable bonds is 5. The molecule has 0 aliphatic heterocycles. The first kappa shape index (κ1) is 17.4. The highest BCUT2D eigenvalue weighted by molar-refractivity contribution is 7.98. The van der Waals surface area contributed by atoms with Gasteiger partial charge in [-0.3, -0.25) is 0 Å². The third-order valence-corrected chi connectivity index (χ3v) is 4.21. The molecule has 8 heteroatoms. The van der Waals surface area contributed by atoms with Crippen LogP contribution in [0.25, 0.3) is 11.1 Å². The van der Waals surface area contributed by atoms with Gasteiger partial charge in [-0.15, -0.1) is 0 Å². The Morgan fingerprint density at radius 3 is 2.68 bits per heavy atom. The maximum Gasteiger partial charge on any atom is 0.228 e.